The highest BCUT2D eigenvalue weighted by atomic mass is 31.2. The van der Waals surface area contributed by atoms with Crippen LogP contribution in [0, 0.1) is 5.92 Å². The maximum absolute atomic E-state index is 15.1. The second-order valence-corrected chi connectivity index (χ2v) is 23.2. The lowest BCUT2D eigenvalue weighted by molar-refractivity contribution is -0.154. The molecule has 0 saturated carbocycles. The molecule has 1 N–H and O–H groups in total. The van der Waals surface area contributed by atoms with Gasteiger partial charge in [-0.05, 0) is 53.0 Å². The van der Waals surface area contributed by atoms with Gasteiger partial charge in [-0.1, -0.05) is 142 Å². The number of rotatable bonds is 15. The second-order valence-electron chi connectivity index (χ2n) is 15.1. The molecule has 272 valence electrons. The van der Waals surface area contributed by atoms with Crippen molar-refractivity contribution in [1.29, 1.82) is 0 Å². The zero-order chi connectivity index (χ0) is 37.7. The highest BCUT2D eigenvalue weighted by Gasteiger charge is 2.56. The van der Waals surface area contributed by atoms with E-state index in [2.05, 4.69) is 76.8 Å². The first-order chi connectivity index (χ1) is 24.8. The fourth-order valence-electron chi connectivity index (χ4n) is 6.98. The fraction of sp³-hybridized carbons (Fsp3) is 0.318. The number of amides is 1. The van der Waals surface area contributed by atoms with Crippen molar-refractivity contribution >= 4 is 54.0 Å². The van der Waals surface area contributed by atoms with Crippen LogP contribution in [0.15, 0.2) is 128 Å². The van der Waals surface area contributed by atoms with Crippen molar-refractivity contribution in [1.82, 2.24) is 4.90 Å². The summed E-state index contributed by atoms with van der Waals surface area (Å²) in [6.07, 6.45) is 1.87. The number of hydrogen-bond donors (Lipinski definition) is 1. The molecule has 52 heavy (non-hydrogen) atoms. The summed E-state index contributed by atoms with van der Waals surface area (Å²) >= 11 is 0. The van der Waals surface area contributed by atoms with Crippen molar-refractivity contribution in [3.63, 3.8) is 0 Å². The molecule has 6 nitrogen and oxygen atoms in total. The molecule has 0 bridgehead atoms. The molecule has 0 unspecified atom stereocenters. The minimum atomic E-state index is -3.04. The fourth-order valence-corrected chi connectivity index (χ4v) is 12.9. The van der Waals surface area contributed by atoms with E-state index in [1.807, 2.05) is 61.5 Å². The Morgan fingerprint density at radius 1 is 0.865 bits per heavy atom. The van der Waals surface area contributed by atoms with E-state index >= 15 is 9.59 Å². The van der Waals surface area contributed by atoms with Gasteiger partial charge in [-0.2, -0.15) is 0 Å². The van der Waals surface area contributed by atoms with Gasteiger partial charge in [0.15, 0.2) is 19.9 Å². The monoisotopic (exact) mass is 733 g/mol. The molecule has 1 aliphatic rings. The molecule has 1 heterocycles. The number of carbonyl (C=O) groups excluding carboxylic acids is 3. The van der Waals surface area contributed by atoms with Crippen molar-refractivity contribution in [2.75, 3.05) is 0 Å². The third-order valence-corrected chi connectivity index (χ3v) is 19.6. The van der Waals surface area contributed by atoms with Crippen LogP contribution in [-0.4, -0.2) is 53.4 Å². The SMILES string of the molecule is C=CCCC(=O)C(N1C(=O)[C@H]([C@@H](C)O[Si](C)(C)C(C)(C)C)[C@H]1CC(=O)c1ccc(CO)cc1)=P(c1ccccc1)(c1ccccc1)c1ccccc1. The molecule has 5 rings (SSSR count). The first kappa shape index (κ1) is 39.1. The molecule has 0 spiro atoms. The summed E-state index contributed by atoms with van der Waals surface area (Å²) in [5, 5.41) is 12.4. The summed E-state index contributed by atoms with van der Waals surface area (Å²) in [4.78, 5) is 46.0. The van der Waals surface area contributed by atoms with Crippen LogP contribution >= 0.6 is 6.89 Å². The van der Waals surface area contributed by atoms with Crippen LogP contribution in [-0.2, 0) is 20.6 Å². The van der Waals surface area contributed by atoms with Crippen molar-refractivity contribution < 1.29 is 23.9 Å². The maximum atomic E-state index is 15.1. The minimum Gasteiger partial charge on any atom is -0.413 e. The van der Waals surface area contributed by atoms with Crippen molar-refractivity contribution in [3.05, 3.63) is 139 Å². The average molecular weight is 734 g/mol. The summed E-state index contributed by atoms with van der Waals surface area (Å²) in [5.74, 6) is -1.12. The first-order valence-electron chi connectivity index (χ1n) is 18.1. The number of aliphatic hydroxyl groups excluding tert-OH is 1. The van der Waals surface area contributed by atoms with Gasteiger partial charge >= 0.3 is 0 Å². The van der Waals surface area contributed by atoms with Crippen LogP contribution in [0.5, 0.6) is 0 Å². The van der Waals surface area contributed by atoms with Crippen molar-refractivity contribution in [2.45, 2.75) is 83.8 Å². The topological polar surface area (TPSA) is 83.9 Å². The summed E-state index contributed by atoms with van der Waals surface area (Å²) in [6.45, 7) is 13.5. The van der Waals surface area contributed by atoms with Crippen LogP contribution in [0.3, 0.4) is 0 Å². The van der Waals surface area contributed by atoms with E-state index in [1.165, 1.54) is 0 Å². The number of β-lactam (4-membered cyclic amide) rings is 1. The highest BCUT2D eigenvalue weighted by molar-refractivity contribution is 7.96. The number of likely N-dealkylation sites (tertiary alicyclic amines) is 1. The van der Waals surface area contributed by atoms with Crippen LogP contribution in [0.25, 0.3) is 0 Å². The van der Waals surface area contributed by atoms with Crippen molar-refractivity contribution in [2.24, 2.45) is 5.92 Å². The molecular weight excluding hydrogens is 682 g/mol. The Labute approximate surface area is 310 Å². The number of benzene rings is 4. The van der Waals surface area contributed by atoms with Crippen LogP contribution < -0.4 is 15.9 Å². The molecule has 1 aliphatic heterocycles. The van der Waals surface area contributed by atoms with E-state index in [0.717, 1.165) is 15.9 Å². The maximum Gasteiger partial charge on any atom is 0.235 e. The number of ketones is 2. The number of carbonyl (C=O) groups is 3. The van der Waals surface area contributed by atoms with Gasteiger partial charge in [-0.3, -0.25) is 14.4 Å². The van der Waals surface area contributed by atoms with Crippen LogP contribution in [0.4, 0.5) is 0 Å². The van der Waals surface area contributed by atoms with E-state index in [-0.39, 0.29) is 42.0 Å². The van der Waals surface area contributed by atoms with Gasteiger partial charge in [0.05, 0.1) is 30.1 Å². The van der Waals surface area contributed by atoms with E-state index in [9.17, 15) is 9.90 Å². The van der Waals surface area contributed by atoms with Crippen molar-refractivity contribution in [3.8, 4) is 0 Å². The normalized spacial score (nSPS) is 16.9. The number of nitrogens with zero attached hydrogens (tertiary/aromatic N) is 1. The molecule has 1 fully saturated rings. The number of aliphatic hydroxyl groups is 1. The lowest BCUT2D eigenvalue weighted by Crippen LogP contribution is -2.69. The zero-order valence-corrected chi connectivity index (χ0v) is 33.2. The quantitative estimate of drug-likeness (QED) is 0.0447. The molecule has 0 aromatic heterocycles. The van der Waals surface area contributed by atoms with Gasteiger partial charge in [0.25, 0.3) is 0 Å². The van der Waals surface area contributed by atoms with Gasteiger partial charge in [0, 0.05) is 25.3 Å². The Kier molecular flexibility index (Phi) is 12.2. The van der Waals surface area contributed by atoms with Gasteiger partial charge in [0.1, 0.15) is 0 Å². The third kappa shape index (κ3) is 7.65. The minimum absolute atomic E-state index is 0.0106. The molecule has 3 atom stereocenters. The largest absolute Gasteiger partial charge is 0.413 e. The molecule has 8 heteroatoms. The van der Waals surface area contributed by atoms with Gasteiger partial charge < -0.3 is 14.4 Å². The Balaban J connectivity index is 1.82. The third-order valence-electron chi connectivity index (χ3n) is 10.7. The van der Waals surface area contributed by atoms with E-state index in [1.54, 1.807) is 35.2 Å². The lowest BCUT2D eigenvalue weighted by Gasteiger charge is -2.53. The standard InChI is InChI=1S/C44H52NO5PSi/c1-8-9-25-39(47)43(51(35-19-13-10-14-20-35,36-21-15-11-16-22-36)37-23-17-12-18-24-37)45-38(30-40(48)34-28-26-33(31-46)27-29-34)41(42(45)49)32(2)50-52(6,7)44(3,4)5/h8,10-24,26-29,32,38,41,46H,1,9,25,30-31H2,2-7H3/t32-,38-,41-/m1/s1. The van der Waals surface area contributed by atoms with Gasteiger partial charge in [0.2, 0.25) is 5.91 Å². The molecule has 0 aliphatic carbocycles. The Morgan fingerprint density at radius 2 is 1.35 bits per heavy atom. The lowest BCUT2D eigenvalue weighted by atomic mass is 9.79. The molecule has 0 radical (unpaired) electrons. The predicted octanol–water partition coefficient (Wildman–Crippen LogP) is 7.65. The molecule has 4 aromatic carbocycles. The molecular formula is C44H52NO5PSi. The predicted molar refractivity (Wildman–Crippen MR) is 218 cm³/mol. The zero-order valence-electron chi connectivity index (χ0n) is 31.3. The summed E-state index contributed by atoms with van der Waals surface area (Å²) in [6, 6.07) is 36.4. The first-order valence-corrected chi connectivity index (χ1v) is 22.8. The Hall–Kier alpha value is -4.13. The number of hydrogen-bond acceptors (Lipinski definition) is 5. The summed E-state index contributed by atoms with van der Waals surface area (Å²) < 4.78 is 6.87. The number of allylic oxidation sites excluding steroid dienone is 1. The molecule has 1 saturated heterocycles. The summed E-state index contributed by atoms with van der Waals surface area (Å²) in [5.41, 5.74) is 1.63. The Bertz CT molecular complexity index is 1830. The van der Waals surface area contributed by atoms with Crippen LogP contribution in [0.2, 0.25) is 18.1 Å². The van der Waals surface area contributed by atoms with E-state index < -0.39 is 33.3 Å². The highest BCUT2D eigenvalue weighted by Crippen LogP contribution is 2.51. The second kappa shape index (κ2) is 16.3. The molecule has 1 amide bonds. The average Bonchev–Trinajstić information content (AvgIpc) is 3.14. The van der Waals surface area contributed by atoms with Crippen LogP contribution in [0.1, 0.15) is 62.9 Å². The number of Topliss-reactive ketones (excluding diaryl/α,β-unsaturated/α-hetero) is 2. The molecule has 4 aromatic rings. The van der Waals surface area contributed by atoms with E-state index in [4.69, 9.17) is 4.43 Å². The van der Waals surface area contributed by atoms with Gasteiger partial charge in [-0.25, -0.2) is 0 Å². The summed E-state index contributed by atoms with van der Waals surface area (Å²) in [7, 11) is -2.33. The smallest absolute Gasteiger partial charge is 0.235 e. The van der Waals surface area contributed by atoms with Gasteiger partial charge in [-0.15, -0.1) is 6.58 Å². The Morgan fingerprint density at radius 3 is 1.77 bits per heavy atom. The van der Waals surface area contributed by atoms with E-state index in [0.29, 0.717) is 23.0 Å².